The molecule has 3 saturated carbocycles. The first-order valence-corrected chi connectivity index (χ1v) is 5.82. The third-order valence-electron chi connectivity index (χ3n) is 4.34. The number of fused-ring (bicyclic) bond motifs is 3. The highest BCUT2D eigenvalue weighted by molar-refractivity contribution is 5.07. The van der Waals surface area contributed by atoms with Crippen LogP contribution in [0, 0.1) is 29.1 Å². The first-order chi connectivity index (χ1) is 6.70. The zero-order valence-corrected chi connectivity index (χ0v) is 8.87. The van der Waals surface area contributed by atoms with E-state index >= 15 is 0 Å². The van der Waals surface area contributed by atoms with E-state index in [4.69, 9.17) is 5.26 Å². The number of aliphatic hydroxyl groups is 1. The summed E-state index contributed by atoms with van der Waals surface area (Å²) in [6, 6.07) is 2.30. The summed E-state index contributed by atoms with van der Waals surface area (Å²) in [7, 11) is 0. The van der Waals surface area contributed by atoms with Gasteiger partial charge < -0.3 is 5.11 Å². The zero-order chi connectivity index (χ0) is 10.2. The first kappa shape index (κ1) is 9.98. The maximum absolute atomic E-state index is 10.6. The minimum atomic E-state index is -0.648. The molecule has 1 N–H and O–H groups in total. The quantitative estimate of drug-likeness (QED) is 0.732. The van der Waals surface area contributed by atoms with E-state index in [2.05, 4.69) is 6.07 Å². The second-order valence-electron chi connectivity index (χ2n) is 5.00. The number of hydrogen-bond acceptors (Lipinski definition) is 2. The maximum atomic E-state index is 10.6. The van der Waals surface area contributed by atoms with Gasteiger partial charge in [-0.3, -0.25) is 0 Å². The molecule has 3 fully saturated rings. The Morgan fingerprint density at radius 2 is 2.07 bits per heavy atom. The third-order valence-corrected chi connectivity index (χ3v) is 4.34. The van der Waals surface area contributed by atoms with Crippen molar-refractivity contribution in [2.45, 2.75) is 51.0 Å². The normalized spacial score (nSPS) is 43.2. The molecule has 0 aromatic rings. The first-order valence-electron chi connectivity index (χ1n) is 5.82. The predicted octanol–water partition coefficient (Wildman–Crippen LogP) is 2.48. The average Bonchev–Trinajstić information content (AvgIpc) is 2.20. The van der Waals surface area contributed by atoms with E-state index in [0.717, 1.165) is 25.7 Å². The van der Waals surface area contributed by atoms with E-state index in [1.165, 1.54) is 12.8 Å². The van der Waals surface area contributed by atoms with Crippen molar-refractivity contribution in [1.29, 1.82) is 5.26 Å². The van der Waals surface area contributed by atoms with E-state index in [9.17, 15) is 5.11 Å². The Kier molecular flexibility index (Phi) is 2.53. The van der Waals surface area contributed by atoms with E-state index < -0.39 is 5.60 Å². The van der Waals surface area contributed by atoms with Crippen molar-refractivity contribution in [3.63, 3.8) is 0 Å². The van der Waals surface area contributed by atoms with Gasteiger partial charge in [0.25, 0.3) is 0 Å². The number of hydrogen-bond donors (Lipinski definition) is 1. The van der Waals surface area contributed by atoms with Crippen LogP contribution in [0.4, 0.5) is 0 Å². The molecule has 0 aromatic carbocycles. The Morgan fingerprint density at radius 3 is 2.43 bits per heavy atom. The van der Waals surface area contributed by atoms with Gasteiger partial charge in [0, 0.05) is 0 Å². The third kappa shape index (κ3) is 1.35. The lowest BCUT2D eigenvalue weighted by molar-refractivity contribution is -0.123. The average molecular weight is 193 g/mol. The lowest BCUT2D eigenvalue weighted by atomic mass is 9.58. The highest BCUT2D eigenvalue weighted by atomic mass is 16.3. The van der Waals surface area contributed by atoms with E-state index in [0.29, 0.717) is 11.8 Å². The molecule has 0 spiro atoms. The zero-order valence-electron chi connectivity index (χ0n) is 8.87. The summed E-state index contributed by atoms with van der Waals surface area (Å²) in [5.74, 6) is 0.945. The molecule has 14 heavy (non-hydrogen) atoms. The monoisotopic (exact) mass is 193 g/mol. The largest absolute Gasteiger partial charge is 0.388 e. The van der Waals surface area contributed by atoms with Crippen molar-refractivity contribution in [3.05, 3.63) is 0 Å². The molecule has 2 atom stereocenters. The van der Waals surface area contributed by atoms with Gasteiger partial charge in [0.15, 0.2) is 0 Å². The second-order valence-corrected chi connectivity index (χ2v) is 5.00. The van der Waals surface area contributed by atoms with Gasteiger partial charge in [-0.2, -0.15) is 5.26 Å². The Labute approximate surface area is 85.9 Å². The van der Waals surface area contributed by atoms with Crippen molar-refractivity contribution in [2.75, 3.05) is 0 Å². The molecule has 3 aliphatic carbocycles. The summed E-state index contributed by atoms with van der Waals surface area (Å²) in [5.41, 5.74) is -0.648. The number of rotatable bonds is 2. The SMILES string of the molecule is CCC(C#N)C1(O)CC2CCC1CC2. The van der Waals surface area contributed by atoms with Crippen LogP contribution < -0.4 is 0 Å². The van der Waals surface area contributed by atoms with Crippen LogP contribution >= 0.6 is 0 Å². The van der Waals surface area contributed by atoms with E-state index in [-0.39, 0.29) is 5.92 Å². The van der Waals surface area contributed by atoms with Gasteiger partial charge in [-0.1, -0.05) is 6.92 Å². The van der Waals surface area contributed by atoms with Gasteiger partial charge in [0.05, 0.1) is 17.6 Å². The minimum absolute atomic E-state index is 0.143. The van der Waals surface area contributed by atoms with Crippen molar-refractivity contribution in [1.82, 2.24) is 0 Å². The molecule has 0 saturated heterocycles. The topological polar surface area (TPSA) is 44.0 Å². The molecular formula is C12H19NO. The molecule has 3 rings (SSSR count). The van der Waals surface area contributed by atoms with Crippen molar-refractivity contribution in [3.8, 4) is 6.07 Å². The molecule has 2 unspecified atom stereocenters. The van der Waals surface area contributed by atoms with Crippen molar-refractivity contribution < 1.29 is 5.11 Å². The molecular weight excluding hydrogens is 174 g/mol. The van der Waals surface area contributed by atoms with E-state index in [1.807, 2.05) is 6.92 Å². The van der Waals surface area contributed by atoms with E-state index in [1.54, 1.807) is 0 Å². The lowest BCUT2D eigenvalue weighted by Crippen LogP contribution is -2.52. The molecule has 0 radical (unpaired) electrons. The van der Waals surface area contributed by atoms with Crippen LogP contribution in [0.3, 0.4) is 0 Å². The van der Waals surface area contributed by atoms with Gasteiger partial charge in [-0.05, 0) is 50.4 Å². The van der Waals surface area contributed by atoms with Crippen LogP contribution in [0.2, 0.25) is 0 Å². The smallest absolute Gasteiger partial charge is 0.0835 e. The summed E-state index contributed by atoms with van der Waals surface area (Å²) < 4.78 is 0. The van der Waals surface area contributed by atoms with Crippen LogP contribution in [0.1, 0.15) is 45.4 Å². The minimum Gasteiger partial charge on any atom is -0.388 e. The van der Waals surface area contributed by atoms with Gasteiger partial charge in [0.2, 0.25) is 0 Å². The second kappa shape index (κ2) is 3.55. The summed E-state index contributed by atoms with van der Waals surface area (Å²) in [6.45, 7) is 2.01. The summed E-state index contributed by atoms with van der Waals surface area (Å²) in [4.78, 5) is 0. The van der Waals surface area contributed by atoms with Gasteiger partial charge in [-0.15, -0.1) is 0 Å². The summed E-state index contributed by atoms with van der Waals surface area (Å²) in [6.07, 6.45) is 6.49. The standard InChI is InChI=1S/C12H19NO/c1-2-10(8-13)12(14)7-9-3-5-11(12)6-4-9/h9-11,14H,2-7H2,1H3. The molecule has 0 aromatic heterocycles. The van der Waals surface area contributed by atoms with Crippen molar-refractivity contribution in [2.24, 2.45) is 17.8 Å². The Balaban J connectivity index is 2.19. The van der Waals surface area contributed by atoms with Crippen LogP contribution in [-0.4, -0.2) is 10.7 Å². The molecule has 3 aliphatic rings. The summed E-state index contributed by atoms with van der Waals surface area (Å²) in [5, 5.41) is 19.7. The lowest BCUT2D eigenvalue weighted by Gasteiger charge is -2.50. The highest BCUT2D eigenvalue weighted by Crippen LogP contribution is 2.50. The molecule has 2 bridgehead atoms. The fourth-order valence-corrected chi connectivity index (χ4v) is 3.48. The van der Waals surface area contributed by atoms with Crippen molar-refractivity contribution >= 4 is 0 Å². The molecule has 2 nitrogen and oxygen atoms in total. The molecule has 0 aliphatic heterocycles. The maximum Gasteiger partial charge on any atom is 0.0835 e. The summed E-state index contributed by atoms with van der Waals surface area (Å²) >= 11 is 0. The highest BCUT2D eigenvalue weighted by Gasteiger charge is 2.50. The van der Waals surface area contributed by atoms with Crippen LogP contribution in [0.15, 0.2) is 0 Å². The molecule has 78 valence electrons. The molecule has 0 amide bonds. The fourth-order valence-electron chi connectivity index (χ4n) is 3.48. The predicted molar refractivity (Wildman–Crippen MR) is 54.4 cm³/mol. The van der Waals surface area contributed by atoms with Gasteiger partial charge in [-0.25, -0.2) is 0 Å². The molecule has 2 heteroatoms. The van der Waals surface area contributed by atoms with Gasteiger partial charge in [0.1, 0.15) is 0 Å². The molecule has 0 heterocycles. The Bertz CT molecular complexity index is 250. The fraction of sp³-hybridized carbons (Fsp3) is 0.917. The Hall–Kier alpha value is -0.550. The van der Waals surface area contributed by atoms with Crippen LogP contribution in [0.5, 0.6) is 0 Å². The van der Waals surface area contributed by atoms with Gasteiger partial charge >= 0.3 is 0 Å². The Morgan fingerprint density at radius 1 is 1.43 bits per heavy atom. The number of nitrogens with zero attached hydrogens (tertiary/aromatic N) is 1. The van der Waals surface area contributed by atoms with Crippen LogP contribution in [-0.2, 0) is 0 Å². The van der Waals surface area contributed by atoms with Crippen LogP contribution in [0.25, 0.3) is 0 Å². The number of nitriles is 1.